The number of nitrogens with zero attached hydrogens (tertiary/aromatic N) is 1. The number of fused-ring (bicyclic) bond motifs is 2. The summed E-state index contributed by atoms with van der Waals surface area (Å²) in [4.78, 5) is 28.9. The zero-order chi connectivity index (χ0) is 18.8. The third-order valence-corrected chi connectivity index (χ3v) is 4.76. The Morgan fingerprint density at radius 2 is 2.07 bits per heavy atom. The first-order valence-corrected chi connectivity index (χ1v) is 9.09. The number of hydrogen-bond donors (Lipinski definition) is 2. The summed E-state index contributed by atoms with van der Waals surface area (Å²) in [6.45, 7) is 2.44. The minimum Gasteiger partial charge on any atom is -0.492 e. The molecule has 2 aromatic carbocycles. The predicted molar refractivity (Wildman–Crippen MR) is 104 cm³/mol. The van der Waals surface area contributed by atoms with Crippen molar-refractivity contribution in [3.8, 4) is 5.75 Å². The first-order valence-electron chi connectivity index (χ1n) is 8.27. The highest BCUT2D eigenvalue weighted by molar-refractivity contribution is 7.22. The third kappa shape index (κ3) is 3.34. The lowest BCUT2D eigenvalue weighted by molar-refractivity contribution is 0.0936. The number of para-hydroxylation sites is 2. The van der Waals surface area contributed by atoms with Crippen LogP contribution in [0.3, 0.4) is 0 Å². The number of hydrogen-bond acceptors (Lipinski definition) is 7. The van der Waals surface area contributed by atoms with Crippen LogP contribution in [0.1, 0.15) is 17.5 Å². The van der Waals surface area contributed by atoms with Crippen LogP contribution in [0.25, 0.3) is 21.2 Å². The lowest BCUT2D eigenvalue weighted by Gasteiger charge is -2.05. The van der Waals surface area contributed by atoms with Crippen LogP contribution < -0.4 is 21.0 Å². The lowest BCUT2D eigenvalue weighted by Crippen LogP contribution is -2.29. The number of aromatic nitrogens is 1. The lowest BCUT2D eigenvalue weighted by atomic mass is 10.2. The van der Waals surface area contributed by atoms with Crippen LogP contribution in [0.4, 0.5) is 5.13 Å². The SMILES string of the molecule is CCOc1cccc2sc(NNC(=O)c3cc(=O)c4ccccc4o3)nc12. The predicted octanol–water partition coefficient (Wildman–Crippen LogP) is 3.56. The molecule has 4 aromatic rings. The number of anilines is 1. The summed E-state index contributed by atoms with van der Waals surface area (Å²) in [7, 11) is 0. The molecule has 136 valence electrons. The Balaban J connectivity index is 1.55. The van der Waals surface area contributed by atoms with Crippen LogP contribution in [0.2, 0.25) is 0 Å². The van der Waals surface area contributed by atoms with Gasteiger partial charge in [0.05, 0.1) is 16.7 Å². The van der Waals surface area contributed by atoms with Crippen molar-refractivity contribution in [2.24, 2.45) is 0 Å². The number of carbonyl (C=O) groups is 1. The largest absolute Gasteiger partial charge is 0.492 e. The van der Waals surface area contributed by atoms with E-state index < -0.39 is 5.91 Å². The molecule has 0 atom stereocenters. The third-order valence-electron chi connectivity index (χ3n) is 3.82. The average molecular weight is 381 g/mol. The Labute approximate surface area is 157 Å². The maximum absolute atomic E-state index is 12.3. The highest BCUT2D eigenvalue weighted by atomic mass is 32.1. The molecule has 8 heteroatoms. The van der Waals surface area contributed by atoms with Gasteiger partial charge in [-0.1, -0.05) is 29.5 Å². The fraction of sp³-hybridized carbons (Fsp3) is 0.105. The molecule has 0 aliphatic rings. The number of amides is 1. The van der Waals surface area contributed by atoms with Crippen molar-refractivity contribution in [1.29, 1.82) is 0 Å². The number of carbonyl (C=O) groups excluding carboxylic acids is 1. The Morgan fingerprint density at radius 3 is 2.93 bits per heavy atom. The molecule has 0 aliphatic carbocycles. The second kappa shape index (κ2) is 7.08. The summed E-state index contributed by atoms with van der Waals surface area (Å²) in [6, 6.07) is 13.6. The van der Waals surface area contributed by atoms with Gasteiger partial charge in [-0.15, -0.1) is 0 Å². The molecule has 0 radical (unpaired) electrons. The van der Waals surface area contributed by atoms with Crippen molar-refractivity contribution in [3.05, 3.63) is 64.5 Å². The Morgan fingerprint density at radius 1 is 1.22 bits per heavy atom. The molecule has 4 rings (SSSR count). The molecule has 0 aliphatic heterocycles. The summed E-state index contributed by atoms with van der Waals surface area (Å²) < 4.78 is 12.0. The molecule has 0 unspecified atom stereocenters. The van der Waals surface area contributed by atoms with Crippen LogP contribution in [0.5, 0.6) is 5.75 Å². The highest BCUT2D eigenvalue weighted by Gasteiger charge is 2.14. The van der Waals surface area contributed by atoms with Gasteiger partial charge in [0.25, 0.3) is 0 Å². The van der Waals surface area contributed by atoms with Crippen molar-refractivity contribution in [3.63, 3.8) is 0 Å². The summed E-state index contributed by atoms with van der Waals surface area (Å²) in [5, 5.41) is 0.922. The van der Waals surface area contributed by atoms with Gasteiger partial charge in [0.15, 0.2) is 11.2 Å². The fourth-order valence-corrected chi connectivity index (χ4v) is 3.47. The quantitative estimate of drug-likeness (QED) is 0.514. The number of thiazole rings is 1. The van der Waals surface area contributed by atoms with Gasteiger partial charge in [-0.05, 0) is 31.2 Å². The standard InChI is InChI=1S/C19H15N3O4S/c1-2-25-14-8-5-9-16-17(14)20-19(27-16)22-21-18(24)15-10-12(23)11-6-3-4-7-13(11)26-15/h3-10H,2H2,1H3,(H,20,22)(H,21,24). The molecule has 0 spiro atoms. The zero-order valence-electron chi connectivity index (χ0n) is 14.3. The second-order valence-corrected chi connectivity index (χ2v) is 6.64. The van der Waals surface area contributed by atoms with E-state index in [1.165, 1.54) is 17.4 Å². The smallest absolute Gasteiger partial charge is 0.305 e. The van der Waals surface area contributed by atoms with Crippen LogP contribution in [-0.4, -0.2) is 17.5 Å². The molecule has 27 heavy (non-hydrogen) atoms. The van der Waals surface area contributed by atoms with Crippen LogP contribution in [0, 0.1) is 0 Å². The fourth-order valence-electron chi connectivity index (χ4n) is 2.64. The normalized spacial score (nSPS) is 10.9. The summed E-state index contributed by atoms with van der Waals surface area (Å²) >= 11 is 1.37. The maximum atomic E-state index is 12.3. The van der Waals surface area contributed by atoms with Crippen LogP contribution in [-0.2, 0) is 0 Å². The van der Waals surface area contributed by atoms with Gasteiger partial charge in [0.1, 0.15) is 16.8 Å². The zero-order valence-corrected chi connectivity index (χ0v) is 15.1. The van der Waals surface area contributed by atoms with E-state index in [-0.39, 0.29) is 11.2 Å². The molecular weight excluding hydrogens is 366 g/mol. The van der Waals surface area contributed by atoms with Gasteiger partial charge < -0.3 is 9.15 Å². The first-order chi connectivity index (χ1) is 13.2. The monoisotopic (exact) mass is 381 g/mol. The van der Waals surface area contributed by atoms with Crippen LogP contribution >= 0.6 is 11.3 Å². The van der Waals surface area contributed by atoms with E-state index >= 15 is 0 Å². The Hall–Kier alpha value is -3.39. The first kappa shape index (κ1) is 17.0. The molecule has 0 saturated carbocycles. The maximum Gasteiger partial charge on any atom is 0.305 e. The molecule has 2 heterocycles. The van der Waals surface area contributed by atoms with Gasteiger partial charge in [-0.3, -0.25) is 20.4 Å². The number of hydrazine groups is 1. The van der Waals surface area contributed by atoms with Gasteiger partial charge in [0, 0.05) is 6.07 Å². The van der Waals surface area contributed by atoms with Crippen LogP contribution in [0.15, 0.2) is 57.7 Å². The Kier molecular flexibility index (Phi) is 4.47. The average Bonchev–Trinajstić information content (AvgIpc) is 3.10. The number of nitrogens with one attached hydrogen (secondary N) is 2. The summed E-state index contributed by atoms with van der Waals surface area (Å²) in [5.74, 6) is 0.0376. The van der Waals surface area contributed by atoms with Crippen molar-refractivity contribution in [2.45, 2.75) is 6.92 Å². The number of ether oxygens (including phenoxy) is 1. The van der Waals surface area contributed by atoms with Gasteiger partial charge in [0.2, 0.25) is 5.13 Å². The van der Waals surface area contributed by atoms with Crippen molar-refractivity contribution in [2.75, 3.05) is 12.0 Å². The molecule has 0 fully saturated rings. The molecule has 0 bridgehead atoms. The van der Waals surface area contributed by atoms with E-state index in [1.54, 1.807) is 24.3 Å². The summed E-state index contributed by atoms with van der Waals surface area (Å²) in [6.07, 6.45) is 0. The molecule has 7 nitrogen and oxygen atoms in total. The van der Waals surface area contributed by atoms with Gasteiger partial charge in [-0.2, -0.15) is 0 Å². The highest BCUT2D eigenvalue weighted by Crippen LogP contribution is 2.32. The summed E-state index contributed by atoms with van der Waals surface area (Å²) in [5.41, 5.74) is 6.07. The van der Waals surface area contributed by atoms with Gasteiger partial charge in [-0.25, -0.2) is 4.98 Å². The van der Waals surface area contributed by atoms with E-state index in [1.807, 2.05) is 25.1 Å². The number of rotatable bonds is 5. The van der Waals surface area contributed by atoms with E-state index in [0.717, 1.165) is 10.2 Å². The van der Waals surface area contributed by atoms with Crippen molar-refractivity contribution >= 4 is 43.6 Å². The molecular formula is C19H15N3O4S. The molecule has 1 amide bonds. The Bertz CT molecular complexity index is 1200. The van der Waals surface area contributed by atoms with E-state index in [0.29, 0.717) is 28.5 Å². The minimum absolute atomic E-state index is 0.0812. The second-order valence-electron chi connectivity index (χ2n) is 5.61. The van der Waals surface area contributed by atoms with Gasteiger partial charge >= 0.3 is 5.91 Å². The minimum atomic E-state index is -0.567. The van der Waals surface area contributed by atoms with E-state index in [9.17, 15) is 9.59 Å². The van der Waals surface area contributed by atoms with E-state index in [2.05, 4.69) is 15.8 Å². The molecule has 0 saturated heterocycles. The van der Waals surface area contributed by atoms with Crippen molar-refractivity contribution < 1.29 is 13.9 Å². The van der Waals surface area contributed by atoms with Crippen molar-refractivity contribution in [1.82, 2.24) is 10.4 Å². The van der Waals surface area contributed by atoms with E-state index in [4.69, 9.17) is 9.15 Å². The molecule has 2 aromatic heterocycles. The molecule has 2 N–H and O–H groups in total. The topological polar surface area (TPSA) is 93.5 Å². The number of benzene rings is 2.